The van der Waals surface area contributed by atoms with Crippen molar-refractivity contribution in [2.75, 3.05) is 0 Å². The number of benzene rings is 3. The summed E-state index contributed by atoms with van der Waals surface area (Å²) in [6.45, 7) is 1.87. The van der Waals surface area contributed by atoms with Crippen LogP contribution in [0.25, 0.3) is 0 Å². The smallest absolute Gasteiger partial charge is 0.239 e. The monoisotopic (exact) mass is 560 g/mol. The number of hydrogen-bond donors (Lipinski definition) is 2. The average Bonchev–Trinajstić information content (AvgIpc) is 2.73. The molecule has 12 heteroatoms. The molecule has 0 saturated carbocycles. The molecule has 0 fully saturated rings. The van der Waals surface area contributed by atoms with Gasteiger partial charge >= 0.3 is 0 Å². The molecule has 0 unspecified atom stereocenters. The molecule has 3 aromatic rings. The van der Waals surface area contributed by atoms with E-state index in [2.05, 4.69) is 0 Å². The van der Waals surface area contributed by atoms with Gasteiger partial charge < -0.3 is 0 Å². The van der Waals surface area contributed by atoms with Gasteiger partial charge in [-0.05, 0) is 43.3 Å². The number of sulfonamides is 2. The lowest BCUT2D eigenvalue weighted by Gasteiger charge is -2.06. The first-order valence-corrected chi connectivity index (χ1v) is 12.8. The van der Waals surface area contributed by atoms with Crippen molar-refractivity contribution in [1.82, 2.24) is 0 Å². The van der Waals surface area contributed by atoms with Gasteiger partial charge in [0.2, 0.25) is 20.0 Å². The lowest BCUT2D eigenvalue weighted by Crippen LogP contribution is -2.14. The second kappa shape index (κ2) is 12.9. The van der Waals surface area contributed by atoms with Crippen LogP contribution in [-0.2, 0) is 20.0 Å². The summed E-state index contributed by atoms with van der Waals surface area (Å²) in [5, 5.41) is 9.92. The van der Waals surface area contributed by atoms with Gasteiger partial charge in [-0.1, -0.05) is 67.9 Å². The molecule has 0 aliphatic rings. The zero-order chi connectivity index (χ0) is 25.0. The van der Waals surface area contributed by atoms with Crippen LogP contribution in [0.2, 0.25) is 10.0 Å². The van der Waals surface area contributed by atoms with Gasteiger partial charge in [0, 0.05) is 16.7 Å². The van der Waals surface area contributed by atoms with Crippen LogP contribution in [0.1, 0.15) is 46.7 Å². The first kappa shape index (κ1) is 32.4. The molecule has 3 rings (SSSR count). The van der Waals surface area contributed by atoms with E-state index in [0.717, 1.165) is 11.6 Å². The maximum atomic E-state index is 12.3. The van der Waals surface area contributed by atoms with Crippen LogP contribution >= 0.6 is 23.2 Å². The van der Waals surface area contributed by atoms with Crippen molar-refractivity contribution in [1.29, 1.82) is 0 Å². The molecule has 0 amide bonds. The molecule has 8 nitrogen and oxygen atoms in total. The predicted octanol–water partition coefficient (Wildman–Crippen LogP) is 4.60. The van der Waals surface area contributed by atoms with E-state index < -0.39 is 20.0 Å². The fourth-order valence-corrected chi connectivity index (χ4v) is 4.78. The van der Waals surface area contributed by atoms with Crippen molar-refractivity contribution >= 4 is 55.3 Å². The Bertz CT molecular complexity index is 1440. The average molecular weight is 562 g/mol. The second-order valence-corrected chi connectivity index (χ2v) is 10.6. The third-order valence-corrected chi connectivity index (χ3v) is 6.96. The van der Waals surface area contributed by atoms with E-state index in [-0.39, 0.29) is 51.6 Å². The molecule has 190 valence electrons. The fraction of sp³-hybridized carbons (Fsp3) is 0.130. The van der Waals surface area contributed by atoms with Crippen molar-refractivity contribution < 1.29 is 26.4 Å². The molecule has 0 radical (unpaired) electrons. The summed E-state index contributed by atoms with van der Waals surface area (Å²) in [5.41, 5.74) is 1.86. The first-order valence-electron chi connectivity index (χ1n) is 8.95. The van der Waals surface area contributed by atoms with Gasteiger partial charge in [0.25, 0.3) is 0 Å². The van der Waals surface area contributed by atoms with Gasteiger partial charge in [0.1, 0.15) is 16.1 Å². The summed E-state index contributed by atoms with van der Waals surface area (Å²) >= 11 is 11.3. The Labute approximate surface area is 216 Å². The molecule has 0 saturated heterocycles. The summed E-state index contributed by atoms with van der Waals surface area (Å²) in [7, 11) is -7.82. The third-order valence-electron chi connectivity index (χ3n) is 4.18. The molecule has 0 aliphatic heterocycles. The Morgan fingerprint density at radius 2 is 1.26 bits per heavy atom. The van der Waals surface area contributed by atoms with E-state index >= 15 is 0 Å². The number of carbonyl (C=O) groups excluding carboxylic acids is 2. The van der Waals surface area contributed by atoms with Crippen molar-refractivity contribution in [3.05, 3.63) is 93.0 Å². The van der Waals surface area contributed by atoms with Gasteiger partial charge in [0.05, 0.1) is 10.0 Å². The quantitative estimate of drug-likeness (QED) is 0.343. The van der Waals surface area contributed by atoms with Crippen LogP contribution in [0, 0.1) is 6.92 Å². The lowest BCUT2D eigenvalue weighted by atomic mass is 10.0. The number of nitrogens with two attached hydrogens (primary N) is 2. The zero-order valence-electron chi connectivity index (χ0n) is 17.0. The Morgan fingerprint density at radius 3 is 1.74 bits per heavy atom. The lowest BCUT2D eigenvalue weighted by molar-refractivity contribution is 0.103. The minimum atomic E-state index is -3.96. The van der Waals surface area contributed by atoms with Gasteiger partial charge in [0.15, 0.2) is 5.78 Å². The number of primary sulfonamides is 2. The Balaban J connectivity index is 0.000000677. The number of ketones is 1. The van der Waals surface area contributed by atoms with E-state index in [1.807, 2.05) is 13.0 Å². The largest absolute Gasteiger partial charge is 0.298 e. The minimum absolute atomic E-state index is 0. The summed E-state index contributed by atoms with van der Waals surface area (Å²) in [6.07, 6.45) is 0.519. The van der Waals surface area contributed by atoms with Crippen LogP contribution in [0.5, 0.6) is 0 Å². The van der Waals surface area contributed by atoms with Crippen molar-refractivity contribution in [2.24, 2.45) is 10.3 Å². The molecule has 0 atom stereocenters. The summed E-state index contributed by atoms with van der Waals surface area (Å²) in [6, 6.07) is 14.9. The van der Waals surface area contributed by atoms with E-state index in [1.165, 1.54) is 30.3 Å². The van der Waals surface area contributed by atoms with E-state index in [9.17, 15) is 26.4 Å². The molecule has 0 spiro atoms. The Kier molecular flexibility index (Phi) is 12.0. The number of aldehydes is 1. The topological polar surface area (TPSA) is 154 Å². The maximum Gasteiger partial charge on any atom is 0.239 e. The van der Waals surface area contributed by atoms with E-state index in [4.69, 9.17) is 33.5 Å². The SMILES string of the molecule is C.C.Cc1cccc(C(=O)c2ccc(Cl)c(S(N)(=O)=O)c2)c1.NS(=O)(=O)c1cc(C=O)ccc1Cl. The first-order chi connectivity index (χ1) is 15.2. The highest BCUT2D eigenvalue weighted by Crippen LogP contribution is 2.23. The van der Waals surface area contributed by atoms with Gasteiger partial charge in [-0.25, -0.2) is 27.1 Å². The zero-order valence-corrected chi connectivity index (χ0v) is 20.2. The van der Waals surface area contributed by atoms with Gasteiger partial charge in [-0.2, -0.15) is 0 Å². The number of halogens is 2. The van der Waals surface area contributed by atoms with E-state index in [1.54, 1.807) is 18.2 Å². The predicted molar refractivity (Wildman–Crippen MR) is 139 cm³/mol. The Hall–Kier alpha value is -2.60. The molecule has 0 aliphatic carbocycles. The van der Waals surface area contributed by atoms with Crippen LogP contribution in [0.3, 0.4) is 0 Å². The highest BCUT2D eigenvalue weighted by Gasteiger charge is 2.17. The summed E-state index contributed by atoms with van der Waals surface area (Å²) in [5.74, 6) is -0.282. The van der Waals surface area contributed by atoms with E-state index in [0.29, 0.717) is 11.8 Å². The Morgan fingerprint density at radius 1 is 0.771 bits per heavy atom. The highest BCUT2D eigenvalue weighted by molar-refractivity contribution is 7.89. The van der Waals surface area contributed by atoms with Crippen LogP contribution in [0.4, 0.5) is 0 Å². The number of aryl methyl sites for hydroxylation is 1. The molecule has 0 bridgehead atoms. The molecule has 0 heterocycles. The normalized spacial score (nSPS) is 10.7. The molecule has 0 aromatic heterocycles. The minimum Gasteiger partial charge on any atom is -0.298 e. The van der Waals surface area contributed by atoms with Crippen LogP contribution in [-0.4, -0.2) is 28.9 Å². The van der Waals surface area contributed by atoms with Crippen LogP contribution in [0.15, 0.2) is 70.5 Å². The van der Waals surface area contributed by atoms with Gasteiger partial charge in [-0.3, -0.25) is 9.59 Å². The second-order valence-electron chi connectivity index (χ2n) is 6.74. The standard InChI is InChI=1S/C14H12ClNO3S.C7H6ClNO3S.2CH4/c1-9-3-2-4-10(7-9)14(17)11-5-6-12(15)13(8-11)20(16,18)19;8-6-2-1-5(4-10)3-7(6)13(9,11)12;;/h2-8H,1H3,(H2,16,18,19);1-4H,(H2,9,11,12);2*1H4. The number of hydrogen-bond acceptors (Lipinski definition) is 6. The molecule has 3 aromatic carbocycles. The maximum absolute atomic E-state index is 12.3. The molecular weight excluding hydrogens is 535 g/mol. The number of carbonyl (C=O) groups is 2. The van der Waals surface area contributed by atoms with Crippen molar-refractivity contribution in [3.8, 4) is 0 Å². The summed E-state index contributed by atoms with van der Waals surface area (Å²) < 4.78 is 44.6. The van der Waals surface area contributed by atoms with Crippen molar-refractivity contribution in [2.45, 2.75) is 31.6 Å². The molecule has 35 heavy (non-hydrogen) atoms. The van der Waals surface area contributed by atoms with Crippen LogP contribution < -0.4 is 10.3 Å². The highest BCUT2D eigenvalue weighted by atomic mass is 35.5. The number of rotatable bonds is 5. The third kappa shape index (κ3) is 8.84. The fourth-order valence-electron chi connectivity index (χ4n) is 2.63. The van der Waals surface area contributed by atoms with Gasteiger partial charge in [-0.15, -0.1) is 0 Å². The van der Waals surface area contributed by atoms with Crippen molar-refractivity contribution in [3.63, 3.8) is 0 Å². The molecular formula is C23H26Cl2N2O6S2. The molecule has 4 N–H and O–H groups in total. The summed E-state index contributed by atoms with van der Waals surface area (Å²) in [4.78, 5) is 22.1.